The number of nitroso groups, excluding NO2 is 2. The highest BCUT2D eigenvalue weighted by atomic mass is 32.2. The second-order valence-electron chi connectivity index (χ2n) is 7.34. The van der Waals surface area contributed by atoms with Gasteiger partial charge in [-0.15, -0.1) is 33.1 Å². The zero-order chi connectivity index (χ0) is 22.8. The van der Waals surface area contributed by atoms with Crippen LogP contribution in [0.25, 0.3) is 21.0 Å². The van der Waals surface area contributed by atoms with Crippen LogP contribution in [0, 0.1) is 9.81 Å². The van der Waals surface area contributed by atoms with Crippen LogP contribution in [0.15, 0.2) is 69.9 Å². The molecule has 0 radical (unpaired) electrons. The van der Waals surface area contributed by atoms with Gasteiger partial charge in [0.1, 0.15) is 28.4 Å². The summed E-state index contributed by atoms with van der Waals surface area (Å²) in [4.78, 5) is 41.6. The maximum absolute atomic E-state index is 11.5. The lowest BCUT2D eigenvalue weighted by atomic mass is 9.80. The molecule has 0 aliphatic carbocycles. The van der Waals surface area contributed by atoms with Gasteiger partial charge in [0.15, 0.2) is 0 Å². The molecular formula is C22H15BN4O4S2. The lowest BCUT2D eigenvalue weighted by Crippen LogP contribution is -2.15. The molecule has 0 spiro atoms. The number of hydrogen-bond donors (Lipinski definition) is 0. The Balaban J connectivity index is 1.37. The maximum Gasteiger partial charge on any atom is 0.353 e. The Bertz CT molecular complexity index is 1440. The molecule has 0 saturated carbocycles. The molecule has 0 bridgehead atoms. The van der Waals surface area contributed by atoms with Crippen molar-refractivity contribution < 1.29 is 9.53 Å². The Morgan fingerprint density at radius 2 is 1.97 bits per heavy atom. The molecule has 0 saturated heterocycles. The van der Waals surface area contributed by atoms with E-state index in [1.807, 2.05) is 54.6 Å². The summed E-state index contributed by atoms with van der Waals surface area (Å²) in [5.74, 6) is 0.358. The van der Waals surface area contributed by atoms with E-state index in [2.05, 4.69) is 20.2 Å². The highest BCUT2D eigenvalue weighted by Crippen LogP contribution is 2.32. The average Bonchev–Trinajstić information content (AvgIpc) is 3.50. The third-order valence-corrected chi connectivity index (χ3v) is 7.51. The third kappa shape index (κ3) is 4.29. The fourth-order valence-electron chi connectivity index (χ4n) is 3.68. The van der Waals surface area contributed by atoms with E-state index >= 15 is 0 Å². The second kappa shape index (κ2) is 9.20. The van der Waals surface area contributed by atoms with Crippen LogP contribution in [0.4, 0.5) is 0 Å². The molecule has 4 aromatic rings. The zero-order valence-electron chi connectivity index (χ0n) is 17.1. The third-order valence-electron chi connectivity index (χ3n) is 5.30. The predicted molar refractivity (Wildman–Crippen MR) is 134 cm³/mol. The lowest BCUT2D eigenvalue weighted by molar-refractivity contribution is -0.118. The van der Waals surface area contributed by atoms with E-state index in [-0.39, 0.29) is 7.41 Å². The molecule has 0 fully saturated rings. The molecule has 162 valence electrons. The number of benzene rings is 3. The molecule has 1 amide bonds. The molecule has 1 aromatic heterocycles. The summed E-state index contributed by atoms with van der Waals surface area (Å²) in [6, 6.07) is 16.7. The normalized spacial score (nSPS) is 15.4. The minimum absolute atomic E-state index is 0.135. The van der Waals surface area contributed by atoms with E-state index in [1.54, 1.807) is 0 Å². The molecule has 11 heteroatoms. The Morgan fingerprint density at radius 3 is 2.79 bits per heavy atom. The van der Waals surface area contributed by atoms with Gasteiger partial charge in [-0.25, -0.2) is 4.98 Å². The molecule has 1 aliphatic rings. The van der Waals surface area contributed by atoms with Gasteiger partial charge in [0.2, 0.25) is 0 Å². The van der Waals surface area contributed by atoms with Crippen molar-refractivity contribution in [1.29, 1.82) is 0 Å². The van der Waals surface area contributed by atoms with Crippen molar-refractivity contribution in [1.82, 2.24) is 4.98 Å². The van der Waals surface area contributed by atoms with Gasteiger partial charge in [0, 0.05) is 10.9 Å². The van der Waals surface area contributed by atoms with Gasteiger partial charge < -0.3 is 4.74 Å². The topological polar surface area (TPSA) is 110 Å². The van der Waals surface area contributed by atoms with Crippen LogP contribution in [0.3, 0.4) is 0 Å². The van der Waals surface area contributed by atoms with Crippen LogP contribution >= 0.6 is 23.1 Å². The first kappa shape index (κ1) is 21.4. The smallest absolute Gasteiger partial charge is 0.353 e. The highest BCUT2D eigenvalue weighted by Gasteiger charge is 2.28. The number of thioether (sulfide) groups is 1. The number of amides is 1. The van der Waals surface area contributed by atoms with Crippen LogP contribution in [-0.2, 0) is 11.4 Å². The molecule has 1 atom stereocenters. The number of rotatable bonds is 7. The number of aliphatic imine (C=N–C) groups is 1. The second-order valence-corrected chi connectivity index (χ2v) is 9.38. The Morgan fingerprint density at radius 1 is 1.12 bits per heavy atom. The first-order chi connectivity index (χ1) is 16.2. The molecule has 2 heterocycles. The van der Waals surface area contributed by atoms with Crippen LogP contribution < -0.4 is 10.2 Å². The van der Waals surface area contributed by atoms with E-state index in [1.165, 1.54) is 23.1 Å². The Hall–Kier alpha value is -3.44. The number of carbonyl (C=O) groups excluding carboxylic acids is 1. The van der Waals surface area contributed by atoms with E-state index in [0.29, 0.717) is 28.2 Å². The van der Waals surface area contributed by atoms with Gasteiger partial charge in [0.05, 0.1) is 10.2 Å². The summed E-state index contributed by atoms with van der Waals surface area (Å²) in [6.07, 6.45) is 0. The molecule has 0 N–H and O–H groups in total. The SMILES string of the molecule is O=NBc1ccc(COc2ccc3nc(C4=N[C@@H](C(=O)N=O)CS4)sc3c2)c2ccccc12. The number of aromatic nitrogens is 1. The molecule has 5 rings (SSSR count). The van der Waals surface area contributed by atoms with Crippen molar-refractivity contribution in [3.63, 3.8) is 0 Å². The number of ether oxygens (including phenoxy) is 1. The highest BCUT2D eigenvalue weighted by molar-refractivity contribution is 8.15. The fourth-order valence-corrected chi connectivity index (χ4v) is 5.77. The van der Waals surface area contributed by atoms with E-state index in [9.17, 15) is 14.6 Å². The number of carbonyl (C=O) groups is 1. The van der Waals surface area contributed by atoms with Crippen molar-refractivity contribution in [3.8, 4) is 5.75 Å². The summed E-state index contributed by atoms with van der Waals surface area (Å²) >= 11 is 2.86. The van der Waals surface area contributed by atoms with Crippen LogP contribution in [-0.4, -0.2) is 35.1 Å². The van der Waals surface area contributed by atoms with Crippen LogP contribution in [0.5, 0.6) is 5.75 Å². The number of nitrogens with zero attached hydrogens (tertiary/aromatic N) is 4. The fraction of sp³-hybridized carbons (Fsp3) is 0.136. The van der Waals surface area contributed by atoms with Gasteiger partial charge in [-0.2, -0.15) is 4.91 Å². The Labute approximate surface area is 196 Å². The largest absolute Gasteiger partial charge is 0.489 e. The summed E-state index contributed by atoms with van der Waals surface area (Å²) in [7, 11) is 0.135. The lowest BCUT2D eigenvalue weighted by Gasteiger charge is -2.11. The molecular weight excluding hydrogens is 459 g/mol. The van der Waals surface area contributed by atoms with Gasteiger partial charge in [-0.05, 0) is 40.0 Å². The molecule has 0 unspecified atom stereocenters. The monoisotopic (exact) mass is 474 g/mol. The van der Waals surface area contributed by atoms with Crippen molar-refractivity contribution in [3.05, 3.63) is 75.0 Å². The Kier molecular flexibility index (Phi) is 5.97. The summed E-state index contributed by atoms with van der Waals surface area (Å²) in [5.41, 5.74) is 2.72. The van der Waals surface area contributed by atoms with Gasteiger partial charge >= 0.3 is 13.3 Å². The summed E-state index contributed by atoms with van der Waals surface area (Å²) < 4.78 is 7.01. The van der Waals surface area contributed by atoms with E-state index in [0.717, 1.165) is 32.0 Å². The van der Waals surface area contributed by atoms with Gasteiger partial charge in [0.25, 0.3) is 0 Å². The predicted octanol–water partition coefficient (Wildman–Crippen LogP) is 3.93. The van der Waals surface area contributed by atoms with Crippen molar-refractivity contribution >= 4 is 67.9 Å². The first-order valence-corrected chi connectivity index (χ1v) is 11.9. The quantitative estimate of drug-likeness (QED) is 0.297. The van der Waals surface area contributed by atoms with E-state index in [4.69, 9.17) is 4.74 Å². The molecule has 3 aromatic carbocycles. The standard InChI is InChI=1S/C22H15BN4O4S2/c28-20(26-29)18-11-32-21(25-18)22-24-17-8-6-13(9-19(17)33-22)31-10-12-5-7-16(23-27-30)15-4-2-1-3-14(12)15/h1-9,18,23H,10-11H2/t18-/m1/s1. The molecule has 8 nitrogen and oxygen atoms in total. The van der Waals surface area contributed by atoms with E-state index < -0.39 is 11.9 Å². The average molecular weight is 474 g/mol. The van der Waals surface area contributed by atoms with Crippen LogP contribution in [0.1, 0.15) is 10.6 Å². The van der Waals surface area contributed by atoms with Crippen molar-refractivity contribution in [2.75, 3.05) is 5.75 Å². The van der Waals surface area contributed by atoms with Crippen LogP contribution in [0.2, 0.25) is 0 Å². The van der Waals surface area contributed by atoms with Gasteiger partial charge in [-0.3, -0.25) is 9.79 Å². The minimum Gasteiger partial charge on any atom is -0.489 e. The summed E-state index contributed by atoms with van der Waals surface area (Å²) in [5, 5.41) is 8.88. The minimum atomic E-state index is -0.753. The van der Waals surface area contributed by atoms with Gasteiger partial charge in [-0.1, -0.05) is 36.4 Å². The first-order valence-electron chi connectivity index (χ1n) is 10.1. The maximum atomic E-state index is 11.5. The van der Waals surface area contributed by atoms with Crippen molar-refractivity contribution in [2.24, 2.45) is 15.3 Å². The number of fused-ring (bicyclic) bond motifs is 2. The zero-order valence-corrected chi connectivity index (χ0v) is 18.8. The number of hydrogen-bond acceptors (Lipinski definition) is 9. The molecule has 1 aliphatic heterocycles. The summed E-state index contributed by atoms with van der Waals surface area (Å²) in [6.45, 7) is 0.373. The molecule has 33 heavy (non-hydrogen) atoms. The number of thiazole rings is 1. The van der Waals surface area contributed by atoms with Crippen molar-refractivity contribution in [2.45, 2.75) is 12.6 Å².